The number of carbonyl (C=O) groups excluding carboxylic acids is 1. The third-order valence-corrected chi connectivity index (χ3v) is 7.81. The Morgan fingerprint density at radius 3 is 2.42 bits per heavy atom. The van der Waals surface area contributed by atoms with E-state index in [4.69, 9.17) is 4.74 Å². The van der Waals surface area contributed by atoms with E-state index in [0.29, 0.717) is 58.5 Å². The highest BCUT2D eigenvalue weighted by Gasteiger charge is 2.46. The molecule has 1 atom stereocenters. The third-order valence-electron chi connectivity index (χ3n) is 5.50. The average Bonchev–Trinajstić information content (AvgIpc) is 3.12. The molecule has 2 saturated heterocycles. The summed E-state index contributed by atoms with van der Waals surface area (Å²) >= 11 is 0. The molecule has 1 saturated carbocycles. The first-order valence-electron chi connectivity index (χ1n) is 8.77. The summed E-state index contributed by atoms with van der Waals surface area (Å²) in [7, 11) is -3.43. The lowest BCUT2D eigenvalue weighted by atomic mass is 9.86. The second-order valence-electron chi connectivity index (χ2n) is 6.97. The standard InChI is InChI=1S/C16H25N3O4S/c17-13-16(5-1-2-6-16)15(20)18-7-3-4-14(12-18)24(21,22)19-8-10-23-11-9-19/h14H,1-12H2/t14-/m0/s1. The van der Waals surface area contributed by atoms with Gasteiger partial charge in [0.1, 0.15) is 5.41 Å². The molecule has 8 heteroatoms. The Morgan fingerprint density at radius 2 is 1.79 bits per heavy atom. The summed E-state index contributed by atoms with van der Waals surface area (Å²) in [5.74, 6) is -0.163. The Kier molecular flexibility index (Phi) is 5.13. The van der Waals surface area contributed by atoms with Gasteiger partial charge in [0.2, 0.25) is 15.9 Å². The topological polar surface area (TPSA) is 90.7 Å². The molecule has 1 amide bonds. The van der Waals surface area contributed by atoms with Crippen molar-refractivity contribution in [3.8, 4) is 6.07 Å². The van der Waals surface area contributed by atoms with Gasteiger partial charge in [-0.25, -0.2) is 8.42 Å². The quantitative estimate of drug-likeness (QED) is 0.744. The number of sulfonamides is 1. The Morgan fingerprint density at radius 1 is 1.12 bits per heavy atom. The minimum atomic E-state index is -3.43. The molecule has 1 aliphatic carbocycles. The second kappa shape index (κ2) is 6.98. The number of ether oxygens (including phenoxy) is 1. The first-order chi connectivity index (χ1) is 11.5. The van der Waals surface area contributed by atoms with Crippen molar-refractivity contribution in [2.24, 2.45) is 5.41 Å². The van der Waals surface area contributed by atoms with Gasteiger partial charge in [0.05, 0.1) is 24.5 Å². The highest BCUT2D eigenvalue weighted by atomic mass is 32.2. The predicted octanol–water partition coefficient (Wildman–Crippen LogP) is 0.723. The molecule has 0 aromatic rings. The van der Waals surface area contributed by atoms with E-state index >= 15 is 0 Å². The molecule has 0 aromatic carbocycles. The van der Waals surface area contributed by atoms with Crippen molar-refractivity contribution in [3.05, 3.63) is 0 Å². The number of hydrogen-bond donors (Lipinski definition) is 0. The van der Waals surface area contributed by atoms with Crippen LogP contribution in [0.1, 0.15) is 38.5 Å². The molecule has 0 spiro atoms. The van der Waals surface area contributed by atoms with Crippen LogP contribution in [0, 0.1) is 16.7 Å². The molecule has 0 bridgehead atoms. The van der Waals surface area contributed by atoms with Gasteiger partial charge < -0.3 is 9.64 Å². The Hall–Kier alpha value is -1.17. The van der Waals surface area contributed by atoms with E-state index in [0.717, 1.165) is 12.8 Å². The number of amides is 1. The number of morpholine rings is 1. The van der Waals surface area contributed by atoms with Crippen molar-refractivity contribution in [2.75, 3.05) is 39.4 Å². The number of nitrogens with zero attached hydrogens (tertiary/aromatic N) is 3. The van der Waals surface area contributed by atoms with Crippen LogP contribution in [0.3, 0.4) is 0 Å². The van der Waals surface area contributed by atoms with E-state index in [1.165, 1.54) is 4.31 Å². The Balaban J connectivity index is 1.72. The van der Waals surface area contributed by atoms with Crippen LogP contribution in [-0.2, 0) is 19.6 Å². The van der Waals surface area contributed by atoms with Gasteiger partial charge in [-0.3, -0.25) is 4.79 Å². The van der Waals surface area contributed by atoms with Crippen LogP contribution < -0.4 is 0 Å². The summed E-state index contributed by atoms with van der Waals surface area (Å²) in [6.45, 7) is 2.38. The Bertz CT molecular complexity index is 616. The Labute approximate surface area is 143 Å². The van der Waals surface area contributed by atoms with E-state index in [1.54, 1.807) is 4.90 Å². The summed E-state index contributed by atoms with van der Waals surface area (Å²) in [5.41, 5.74) is -0.926. The molecular weight excluding hydrogens is 330 g/mol. The fraction of sp³-hybridized carbons (Fsp3) is 0.875. The molecule has 0 unspecified atom stereocenters. The zero-order valence-corrected chi connectivity index (χ0v) is 14.8. The largest absolute Gasteiger partial charge is 0.379 e. The normalized spacial score (nSPS) is 28.5. The van der Waals surface area contributed by atoms with Gasteiger partial charge in [-0.1, -0.05) is 12.8 Å². The zero-order chi connectivity index (χ0) is 17.2. The number of nitriles is 1. The third kappa shape index (κ3) is 3.17. The van der Waals surface area contributed by atoms with E-state index in [2.05, 4.69) is 6.07 Å². The van der Waals surface area contributed by atoms with Gasteiger partial charge in [-0.15, -0.1) is 0 Å². The first kappa shape index (κ1) is 17.6. The minimum Gasteiger partial charge on any atom is -0.379 e. The highest BCUT2D eigenvalue weighted by molar-refractivity contribution is 7.89. The van der Waals surface area contributed by atoms with Gasteiger partial charge in [0.25, 0.3) is 0 Å². The lowest BCUT2D eigenvalue weighted by Gasteiger charge is -2.38. The lowest BCUT2D eigenvalue weighted by Crippen LogP contribution is -2.54. The molecule has 3 aliphatic rings. The minimum absolute atomic E-state index is 0.163. The summed E-state index contributed by atoms with van der Waals surface area (Å²) in [4.78, 5) is 14.5. The summed E-state index contributed by atoms with van der Waals surface area (Å²) in [6.07, 6.45) is 4.22. The van der Waals surface area contributed by atoms with E-state index in [-0.39, 0.29) is 12.5 Å². The molecule has 7 nitrogen and oxygen atoms in total. The molecule has 0 radical (unpaired) electrons. The lowest BCUT2D eigenvalue weighted by molar-refractivity contribution is -0.139. The van der Waals surface area contributed by atoms with Crippen molar-refractivity contribution < 1.29 is 17.9 Å². The highest BCUT2D eigenvalue weighted by Crippen LogP contribution is 2.40. The number of carbonyl (C=O) groups is 1. The van der Waals surface area contributed by atoms with Crippen LogP contribution in [0.15, 0.2) is 0 Å². The monoisotopic (exact) mass is 355 g/mol. The summed E-state index contributed by atoms with van der Waals surface area (Å²) in [6, 6.07) is 2.22. The zero-order valence-electron chi connectivity index (χ0n) is 13.9. The SMILES string of the molecule is N#CC1(C(=O)N2CCC[C@H](S(=O)(=O)N3CCOCC3)C2)CCCC1. The van der Waals surface area contributed by atoms with Crippen molar-refractivity contribution in [1.82, 2.24) is 9.21 Å². The van der Waals surface area contributed by atoms with Gasteiger partial charge in [-0.05, 0) is 25.7 Å². The molecular formula is C16H25N3O4S. The van der Waals surface area contributed by atoms with E-state index in [1.807, 2.05) is 0 Å². The molecule has 3 fully saturated rings. The van der Waals surface area contributed by atoms with Crippen molar-refractivity contribution in [3.63, 3.8) is 0 Å². The summed E-state index contributed by atoms with van der Waals surface area (Å²) in [5, 5.41) is 8.94. The fourth-order valence-corrected chi connectivity index (χ4v) is 5.94. The number of piperidine rings is 1. The number of hydrogen-bond acceptors (Lipinski definition) is 5. The molecule has 134 valence electrons. The van der Waals surface area contributed by atoms with Crippen LogP contribution in [0.2, 0.25) is 0 Å². The molecule has 24 heavy (non-hydrogen) atoms. The molecule has 2 heterocycles. The predicted molar refractivity (Wildman–Crippen MR) is 87.4 cm³/mol. The van der Waals surface area contributed by atoms with Gasteiger partial charge >= 0.3 is 0 Å². The molecule has 0 N–H and O–H groups in total. The smallest absolute Gasteiger partial charge is 0.243 e. The number of rotatable bonds is 3. The van der Waals surface area contributed by atoms with Crippen LogP contribution in [-0.4, -0.2) is 68.2 Å². The average molecular weight is 355 g/mol. The molecule has 3 rings (SSSR count). The number of likely N-dealkylation sites (tertiary alicyclic amines) is 1. The van der Waals surface area contributed by atoms with E-state index in [9.17, 15) is 18.5 Å². The fourth-order valence-electron chi connectivity index (χ4n) is 4.03. The van der Waals surface area contributed by atoms with Crippen LogP contribution in [0.25, 0.3) is 0 Å². The van der Waals surface area contributed by atoms with Crippen molar-refractivity contribution >= 4 is 15.9 Å². The van der Waals surface area contributed by atoms with Gasteiger partial charge in [-0.2, -0.15) is 9.57 Å². The van der Waals surface area contributed by atoms with Crippen molar-refractivity contribution in [2.45, 2.75) is 43.8 Å². The van der Waals surface area contributed by atoms with Crippen LogP contribution in [0.5, 0.6) is 0 Å². The van der Waals surface area contributed by atoms with Crippen molar-refractivity contribution in [1.29, 1.82) is 5.26 Å². The maximum absolute atomic E-state index is 12.9. The maximum atomic E-state index is 12.9. The van der Waals surface area contributed by atoms with Gasteiger partial charge in [0, 0.05) is 26.2 Å². The maximum Gasteiger partial charge on any atom is 0.243 e. The second-order valence-corrected chi connectivity index (χ2v) is 9.19. The molecule has 0 aromatic heterocycles. The van der Waals surface area contributed by atoms with E-state index < -0.39 is 20.7 Å². The molecule has 2 aliphatic heterocycles. The summed E-state index contributed by atoms with van der Waals surface area (Å²) < 4.78 is 32.4. The first-order valence-corrected chi connectivity index (χ1v) is 10.3. The van der Waals surface area contributed by atoms with Crippen LogP contribution in [0.4, 0.5) is 0 Å². The van der Waals surface area contributed by atoms with Gasteiger partial charge in [0.15, 0.2) is 0 Å². The van der Waals surface area contributed by atoms with Crippen LogP contribution >= 0.6 is 0 Å².